The van der Waals surface area contributed by atoms with E-state index in [2.05, 4.69) is 5.32 Å². The van der Waals surface area contributed by atoms with Gasteiger partial charge in [0.05, 0.1) is 5.75 Å². The molecule has 0 spiro atoms. The van der Waals surface area contributed by atoms with Crippen LogP contribution in [-0.2, 0) is 10.5 Å². The molecule has 2 bridgehead atoms. The molecular formula is C16H20ClNOS. The molecule has 1 N–H and O–H groups in total. The molecule has 0 aliphatic heterocycles. The summed E-state index contributed by atoms with van der Waals surface area (Å²) in [6.07, 6.45) is 5.21. The highest BCUT2D eigenvalue weighted by Crippen LogP contribution is 2.44. The highest BCUT2D eigenvalue weighted by Gasteiger charge is 2.39. The third-order valence-electron chi connectivity index (χ3n) is 4.53. The molecule has 2 fully saturated rings. The number of nitrogens with one attached hydrogen (secondary N) is 1. The van der Waals surface area contributed by atoms with Gasteiger partial charge in [-0.2, -0.15) is 0 Å². The summed E-state index contributed by atoms with van der Waals surface area (Å²) in [6.45, 7) is 0. The first-order valence-corrected chi connectivity index (χ1v) is 8.86. The maximum absolute atomic E-state index is 12.0. The standard InChI is InChI=1S/C16H20ClNOS/c17-14-4-2-1-3-13(14)9-20-10-16(19)18-15-8-11-5-6-12(15)7-11/h1-4,11-12,15H,5-10H2,(H,18,19)/t11-,12+,15+/m0/s1. The topological polar surface area (TPSA) is 29.1 Å². The maximum Gasteiger partial charge on any atom is 0.230 e. The van der Waals surface area contributed by atoms with Crippen molar-refractivity contribution in [2.24, 2.45) is 11.8 Å². The lowest BCUT2D eigenvalue weighted by atomic mass is 9.95. The quantitative estimate of drug-likeness (QED) is 0.894. The molecular weight excluding hydrogens is 290 g/mol. The van der Waals surface area contributed by atoms with Crippen molar-refractivity contribution in [3.8, 4) is 0 Å². The van der Waals surface area contributed by atoms with Crippen molar-refractivity contribution >= 4 is 29.3 Å². The number of amides is 1. The molecule has 4 heteroatoms. The van der Waals surface area contributed by atoms with E-state index >= 15 is 0 Å². The van der Waals surface area contributed by atoms with Crippen LogP contribution in [0.4, 0.5) is 0 Å². The van der Waals surface area contributed by atoms with Crippen LogP contribution in [0.25, 0.3) is 0 Å². The molecule has 108 valence electrons. The van der Waals surface area contributed by atoms with Crippen LogP contribution in [0.2, 0.25) is 5.02 Å². The summed E-state index contributed by atoms with van der Waals surface area (Å²) in [6, 6.07) is 8.27. The molecule has 1 amide bonds. The molecule has 2 saturated carbocycles. The van der Waals surface area contributed by atoms with E-state index in [0.717, 1.165) is 28.2 Å². The van der Waals surface area contributed by atoms with Crippen molar-refractivity contribution in [2.45, 2.75) is 37.5 Å². The van der Waals surface area contributed by atoms with Crippen molar-refractivity contribution in [2.75, 3.05) is 5.75 Å². The Morgan fingerprint density at radius 3 is 2.85 bits per heavy atom. The third-order valence-corrected chi connectivity index (χ3v) is 5.88. The molecule has 0 saturated heterocycles. The van der Waals surface area contributed by atoms with Gasteiger partial charge in [-0.05, 0) is 42.7 Å². The Balaban J connectivity index is 1.40. The molecule has 20 heavy (non-hydrogen) atoms. The van der Waals surface area contributed by atoms with Gasteiger partial charge in [0.15, 0.2) is 0 Å². The zero-order valence-corrected chi connectivity index (χ0v) is 13.1. The van der Waals surface area contributed by atoms with E-state index in [4.69, 9.17) is 11.6 Å². The van der Waals surface area contributed by atoms with Crippen LogP contribution in [0.15, 0.2) is 24.3 Å². The van der Waals surface area contributed by atoms with E-state index in [-0.39, 0.29) is 5.91 Å². The van der Waals surface area contributed by atoms with Crippen molar-refractivity contribution in [1.82, 2.24) is 5.32 Å². The lowest BCUT2D eigenvalue weighted by molar-refractivity contribution is -0.119. The predicted molar refractivity (Wildman–Crippen MR) is 85.0 cm³/mol. The number of carbonyl (C=O) groups excluding carboxylic acids is 1. The van der Waals surface area contributed by atoms with Gasteiger partial charge >= 0.3 is 0 Å². The zero-order chi connectivity index (χ0) is 13.9. The van der Waals surface area contributed by atoms with Gasteiger partial charge < -0.3 is 5.32 Å². The van der Waals surface area contributed by atoms with E-state index in [1.165, 1.54) is 25.7 Å². The first-order valence-electron chi connectivity index (χ1n) is 7.33. The molecule has 2 aliphatic carbocycles. The molecule has 0 unspecified atom stereocenters. The first kappa shape index (κ1) is 14.3. The molecule has 3 atom stereocenters. The fourth-order valence-electron chi connectivity index (χ4n) is 3.54. The monoisotopic (exact) mass is 309 g/mol. The van der Waals surface area contributed by atoms with Crippen LogP contribution in [0.1, 0.15) is 31.2 Å². The Morgan fingerprint density at radius 2 is 2.15 bits per heavy atom. The van der Waals surface area contributed by atoms with Crippen molar-refractivity contribution in [3.05, 3.63) is 34.9 Å². The third kappa shape index (κ3) is 3.32. The van der Waals surface area contributed by atoms with Crippen LogP contribution >= 0.6 is 23.4 Å². The van der Waals surface area contributed by atoms with E-state index < -0.39 is 0 Å². The maximum atomic E-state index is 12.0. The predicted octanol–water partition coefficient (Wildman–Crippen LogP) is 3.88. The van der Waals surface area contributed by atoms with Gasteiger partial charge in [-0.15, -0.1) is 11.8 Å². The first-order chi connectivity index (χ1) is 9.72. The lowest BCUT2D eigenvalue weighted by Crippen LogP contribution is -2.39. The molecule has 0 heterocycles. The van der Waals surface area contributed by atoms with Crippen molar-refractivity contribution in [1.29, 1.82) is 0 Å². The van der Waals surface area contributed by atoms with Gasteiger partial charge in [0.25, 0.3) is 0 Å². The van der Waals surface area contributed by atoms with Gasteiger partial charge in [0, 0.05) is 16.8 Å². The van der Waals surface area contributed by atoms with Gasteiger partial charge in [-0.1, -0.05) is 36.2 Å². The van der Waals surface area contributed by atoms with Gasteiger partial charge in [-0.3, -0.25) is 4.79 Å². The van der Waals surface area contributed by atoms with Gasteiger partial charge in [0.2, 0.25) is 5.91 Å². The van der Waals surface area contributed by atoms with Crippen LogP contribution < -0.4 is 5.32 Å². The smallest absolute Gasteiger partial charge is 0.230 e. The van der Waals surface area contributed by atoms with Crippen LogP contribution in [0.3, 0.4) is 0 Å². The molecule has 3 rings (SSSR count). The number of benzene rings is 1. The van der Waals surface area contributed by atoms with Crippen LogP contribution in [0.5, 0.6) is 0 Å². The Bertz CT molecular complexity index is 493. The average molecular weight is 310 g/mol. The minimum Gasteiger partial charge on any atom is -0.352 e. The molecule has 1 aromatic carbocycles. The normalized spacial score (nSPS) is 27.8. The molecule has 0 radical (unpaired) electrons. The average Bonchev–Trinajstić information content (AvgIpc) is 3.03. The fraction of sp³-hybridized carbons (Fsp3) is 0.562. The van der Waals surface area contributed by atoms with Gasteiger partial charge in [-0.25, -0.2) is 0 Å². The van der Waals surface area contributed by atoms with E-state index in [9.17, 15) is 4.79 Å². The molecule has 1 aromatic rings. The van der Waals surface area contributed by atoms with Crippen LogP contribution in [0, 0.1) is 11.8 Å². The summed E-state index contributed by atoms with van der Waals surface area (Å²) >= 11 is 7.74. The Labute approximate surface area is 129 Å². The van der Waals surface area contributed by atoms with Gasteiger partial charge in [0.1, 0.15) is 0 Å². The second-order valence-electron chi connectivity index (χ2n) is 5.93. The highest BCUT2D eigenvalue weighted by atomic mass is 35.5. The summed E-state index contributed by atoms with van der Waals surface area (Å²) in [7, 11) is 0. The van der Waals surface area contributed by atoms with Crippen molar-refractivity contribution < 1.29 is 4.79 Å². The van der Waals surface area contributed by atoms with E-state index in [1.807, 2.05) is 24.3 Å². The number of rotatable bonds is 5. The highest BCUT2D eigenvalue weighted by molar-refractivity contribution is 7.99. The number of fused-ring (bicyclic) bond motifs is 2. The number of halogens is 1. The largest absolute Gasteiger partial charge is 0.352 e. The van der Waals surface area contributed by atoms with Crippen molar-refractivity contribution in [3.63, 3.8) is 0 Å². The SMILES string of the molecule is O=C(CSCc1ccccc1Cl)N[C@@H]1C[C@H]2CC[C@@H]1C2. The zero-order valence-electron chi connectivity index (χ0n) is 11.5. The summed E-state index contributed by atoms with van der Waals surface area (Å²) in [5.41, 5.74) is 1.10. The Kier molecular flexibility index (Phi) is 4.57. The summed E-state index contributed by atoms with van der Waals surface area (Å²) in [5.74, 6) is 3.13. The Morgan fingerprint density at radius 1 is 1.30 bits per heavy atom. The minimum absolute atomic E-state index is 0.180. The molecule has 2 nitrogen and oxygen atoms in total. The molecule has 2 aliphatic rings. The van der Waals surface area contributed by atoms with E-state index in [1.54, 1.807) is 11.8 Å². The van der Waals surface area contributed by atoms with Crippen LogP contribution in [-0.4, -0.2) is 17.7 Å². The number of hydrogen-bond acceptors (Lipinski definition) is 2. The number of thioether (sulfide) groups is 1. The fourth-order valence-corrected chi connectivity index (χ4v) is 4.66. The Hall–Kier alpha value is -0.670. The number of hydrogen-bond donors (Lipinski definition) is 1. The second kappa shape index (κ2) is 6.40. The molecule has 0 aromatic heterocycles. The number of carbonyl (C=O) groups is 1. The lowest BCUT2D eigenvalue weighted by Gasteiger charge is -2.22. The summed E-state index contributed by atoms with van der Waals surface area (Å²) < 4.78 is 0. The minimum atomic E-state index is 0.180. The second-order valence-corrected chi connectivity index (χ2v) is 7.33. The summed E-state index contributed by atoms with van der Waals surface area (Å²) in [4.78, 5) is 12.0. The van der Waals surface area contributed by atoms with E-state index in [0.29, 0.717) is 11.8 Å². The summed E-state index contributed by atoms with van der Waals surface area (Å²) in [5, 5.41) is 4.00.